The highest BCUT2D eigenvalue weighted by atomic mass is 127. The summed E-state index contributed by atoms with van der Waals surface area (Å²) in [4.78, 5) is 41.2. The van der Waals surface area contributed by atoms with Gasteiger partial charge in [-0.05, 0) is 42.5 Å². The van der Waals surface area contributed by atoms with Gasteiger partial charge in [0.2, 0.25) is 15.8 Å². The summed E-state index contributed by atoms with van der Waals surface area (Å²) >= 11 is 3.27. The molecule has 9 rings (SSSR count). The fourth-order valence-electron chi connectivity index (χ4n) is 8.87. The first-order chi connectivity index (χ1) is 24.9. The zero-order valence-electron chi connectivity index (χ0n) is 31.1. The Hall–Kier alpha value is -2.39. The van der Waals surface area contributed by atoms with Crippen LogP contribution in [-0.4, -0.2) is 105 Å². The number of nitro groups is 1. The lowest BCUT2D eigenvalue weighted by Gasteiger charge is -2.54. The van der Waals surface area contributed by atoms with Crippen LogP contribution in [0.3, 0.4) is 0 Å². The molecule has 0 unspecified atom stereocenters. The number of ether oxygens (including phenoxy) is 1. The molecule has 0 saturated carbocycles. The van der Waals surface area contributed by atoms with Crippen molar-refractivity contribution in [3.63, 3.8) is 0 Å². The van der Waals surface area contributed by atoms with Crippen LogP contribution in [0.1, 0.15) is 35.4 Å². The summed E-state index contributed by atoms with van der Waals surface area (Å²) in [5.41, 5.74) is 4.15. The smallest absolute Gasteiger partial charge is 0.355 e. The zero-order valence-corrected chi connectivity index (χ0v) is 38.0. The second-order valence-corrected chi connectivity index (χ2v) is 17.2. The second-order valence-electron chi connectivity index (χ2n) is 15.4. The molecular formula is C38H45Br2IN6O6S2. The topological polar surface area (TPSA) is 118 Å². The van der Waals surface area contributed by atoms with E-state index in [0.717, 1.165) is 33.4 Å². The molecule has 4 atom stereocenters. The van der Waals surface area contributed by atoms with Gasteiger partial charge < -0.3 is 81.6 Å². The predicted octanol–water partition coefficient (Wildman–Crippen LogP) is -4.92. The number of nitrogens with zero attached hydrogens (tertiary/aromatic N) is 6. The number of benzene rings is 2. The van der Waals surface area contributed by atoms with Crippen LogP contribution in [0.4, 0.5) is 5.69 Å². The number of rotatable bonds is 11. The number of aliphatic hydroxyl groups excluding tert-OH is 1. The largest absolute Gasteiger partial charge is 1.00 e. The van der Waals surface area contributed by atoms with Crippen molar-refractivity contribution in [2.75, 3.05) is 52.6 Å². The number of imidazole rings is 1. The van der Waals surface area contributed by atoms with Gasteiger partial charge in [0, 0.05) is 29.2 Å². The Balaban J connectivity index is 0.00000193. The van der Waals surface area contributed by atoms with Crippen LogP contribution in [0.15, 0.2) is 71.8 Å². The molecule has 2 aromatic heterocycles. The van der Waals surface area contributed by atoms with Crippen LogP contribution in [0, 0.1) is 22.0 Å². The minimum absolute atomic E-state index is 0. The minimum atomic E-state index is -0.855. The maximum Gasteiger partial charge on any atom is 0.355 e. The number of esters is 1. The molecule has 7 heterocycles. The Morgan fingerprint density at radius 3 is 2.36 bits per heavy atom. The Kier molecular flexibility index (Phi) is 13.4. The van der Waals surface area contributed by atoms with E-state index in [1.54, 1.807) is 42.2 Å². The monoisotopic (exact) mass is 1030 g/mol. The summed E-state index contributed by atoms with van der Waals surface area (Å²) < 4.78 is 12.6. The van der Waals surface area contributed by atoms with Gasteiger partial charge in [0.25, 0.3) is 12.0 Å². The number of likely N-dealkylation sites (N-methyl/N-ethyl adjacent to an activating group) is 1. The Morgan fingerprint density at radius 2 is 1.75 bits per heavy atom. The van der Waals surface area contributed by atoms with Crippen LogP contribution in [0.25, 0.3) is 10.4 Å². The molecule has 2 bridgehead atoms. The highest BCUT2D eigenvalue weighted by molar-refractivity contribution is 7.98. The molecule has 17 heteroatoms. The third-order valence-corrected chi connectivity index (χ3v) is 14.0. The third-order valence-electron chi connectivity index (χ3n) is 12.0. The van der Waals surface area contributed by atoms with Gasteiger partial charge in [-0.25, -0.2) is 9.36 Å². The molecule has 12 nitrogen and oxygen atoms in total. The van der Waals surface area contributed by atoms with Gasteiger partial charge in [-0.15, -0.1) is 0 Å². The molecule has 0 radical (unpaired) electrons. The van der Waals surface area contributed by atoms with Crippen LogP contribution >= 0.6 is 23.1 Å². The summed E-state index contributed by atoms with van der Waals surface area (Å²) in [6, 6.07) is 14.5. The van der Waals surface area contributed by atoms with Crippen LogP contribution in [0.2, 0.25) is 0 Å². The Bertz CT molecular complexity index is 2120. The lowest BCUT2D eigenvalue weighted by atomic mass is 9.77. The van der Waals surface area contributed by atoms with Gasteiger partial charge in [0.1, 0.15) is 70.9 Å². The maximum atomic E-state index is 13.8. The van der Waals surface area contributed by atoms with Crippen LogP contribution < -0.4 is 62.5 Å². The number of nitro benzene ring substituents is 1. The molecule has 4 aromatic rings. The van der Waals surface area contributed by atoms with Crippen molar-refractivity contribution in [1.29, 1.82) is 0 Å². The van der Waals surface area contributed by atoms with E-state index in [2.05, 4.69) is 52.9 Å². The van der Waals surface area contributed by atoms with E-state index in [-0.39, 0.29) is 93.8 Å². The number of aliphatic hydroxyl groups is 1. The van der Waals surface area contributed by atoms with E-state index in [1.165, 1.54) is 76.4 Å². The van der Waals surface area contributed by atoms with Crippen LogP contribution in [0.5, 0.6) is 0 Å². The van der Waals surface area contributed by atoms with Crippen molar-refractivity contribution in [2.24, 2.45) is 11.8 Å². The molecule has 1 amide bonds. The van der Waals surface area contributed by atoms with E-state index in [9.17, 15) is 24.8 Å². The van der Waals surface area contributed by atoms with E-state index in [1.807, 2.05) is 13.1 Å². The normalized spacial score (nSPS) is 25.7. The fourth-order valence-corrected chi connectivity index (χ4v) is 11.0. The average Bonchev–Trinajstić information content (AvgIpc) is 3.74. The minimum Gasteiger partial charge on any atom is -1.00 e. The molecule has 5 aliphatic heterocycles. The molecule has 2 aromatic carbocycles. The highest BCUT2D eigenvalue weighted by Gasteiger charge is 2.60. The molecule has 0 aliphatic carbocycles. The van der Waals surface area contributed by atoms with Gasteiger partial charge in [-0.2, -0.15) is 4.40 Å². The molecule has 0 spiro atoms. The van der Waals surface area contributed by atoms with E-state index < -0.39 is 22.9 Å². The third kappa shape index (κ3) is 7.92. The number of carbonyl (C=O) groups is 2. The summed E-state index contributed by atoms with van der Waals surface area (Å²) in [7, 11) is 2.40. The van der Waals surface area contributed by atoms with Crippen molar-refractivity contribution < 1.29 is 95.8 Å². The van der Waals surface area contributed by atoms with Gasteiger partial charge in [0.15, 0.2) is 0 Å². The predicted molar refractivity (Wildman–Crippen MR) is 197 cm³/mol. The molecular weight excluding hydrogens is 987 g/mol. The number of hydrogen-bond donors (Lipinski definition) is 1. The number of β-lactam (4-membered cyclic amide) rings is 1. The van der Waals surface area contributed by atoms with Crippen molar-refractivity contribution in [3.8, 4) is 0 Å². The number of thiazole rings is 1. The first kappa shape index (κ1) is 43.7. The number of non-ortho nitro benzene ring substituents is 1. The van der Waals surface area contributed by atoms with E-state index in [0.29, 0.717) is 5.56 Å². The average molecular weight is 1030 g/mol. The van der Waals surface area contributed by atoms with Crippen molar-refractivity contribution in [1.82, 2.24) is 9.30 Å². The molecule has 1 N–H and O–H groups in total. The number of amides is 1. The van der Waals surface area contributed by atoms with Gasteiger partial charge in [-0.3, -0.25) is 14.9 Å². The molecule has 4 fully saturated rings. The number of quaternary nitrogens is 2. The van der Waals surface area contributed by atoms with Gasteiger partial charge in [0.05, 0.1) is 34.9 Å². The van der Waals surface area contributed by atoms with E-state index in [4.69, 9.17) is 4.74 Å². The number of aromatic nitrogens is 2. The van der Waals surface area contributed by atoms with Crippen molar-refractivity contribution in [3.05, 3.63) is 98.4 Å². The standard InChI is InChI=1S/C38H45N6O6S2.2BrH.HI/c1-24-31(34(41-33(24)32(25(2)45)35(41)46)38(47)50-22-26-8-10-29(11-9-26)42(48)49)30-20-40-23-39(36(51-4)37(40)52-30)19-27-6-5-7-28(18-27)21-44-15-12-43(3,13-16-44)14-17-44;;;/h5-11,18,20,23-25,32-33,45H,12-17,19,21-22H2,1-4H3;3*1H/q+3;;;/p-3/t24-,25+,32+,33+,43?,44?;;;/m0.../s1. The number of hydrogen-bond acceptors (Lipinski definition) is 8. The van der Waals surface area contributed by atoms with Crippen LogP contribution in [-0.2, 0) is 34.0 Å². The molecule has 4 saturated heterocycles. The zero-order chi connectivity index (χ0) is 36.5. The fraction of sp³-hybridized carbons (Fsp3) is 0.447. The Labute approximate surface area is 367 Å². The Morgan fingerprint density at radius 1 is 1.09 bits per heavy atom. The van der Waals surface area contributed by atoms with Crippen molar-refractivity contribution in [2.45, 2.75) is 50.7 Å². The van der Waals surface area contributed by atoms with E-state index >= 15 is 0 Å². The SMILES string of the molecule is CSc1c2sc(C3=C(C(=O)OCc4ccc([N+](=O)[O-])cc4)N4C(=O)[C@H]([C@@H](C)O)[C@H]4[C@H]3C)cn2c[n+]1Cc1cccc(C[N+]23CC[N+](C)(CC2)CC3)c1.[Br-].[Br-].[I-]. The van der Waals surface area contributed by atoms with Crippen molar-refractivity contribution >= 4 is 51.1 Å². The number of fused-ring (bicyclic) bond motifs is 5. The summed E-state index contributed by atoms with van der Waals surface area (Å²) in [6.45, 7) is 12.9. The first-order valence-corrected chi connectivity index (χ1v) is 19.9. The number of halogens is 3. The maximum absolute atomic E-state index is 13.8. The highest BCUT2D eigenvalue weighted by Crippen LogP contribution is 2.52. The molecule has 296 valence electrons. The number of thioether (sulfide) groups is 1. The number of carbonyl (C=O) groups excluding carboxylic acids is 2. The lowest BCUT2D eigenvalue weighted by molar-refractivity contribution is -1.08. The summed E-state index contributed by atoms with van der Waals surface area (Å²) in [5.74, 6) is -1.75. The molecule has 55 heavy (non-hydrogen) atoms. The summed E-state index contributed by atoms with van der Waals surface area (Å²) in [5, 5.41) is 22.7. The summed E-state index contributed by atoms with van der Waals surface area (Å²) in [6.07, 6.45) is 5.36. The quantitative estimate of drug-likeness (QED) is 0.0234. The second kappa shape index (κ2) is 16.8. The van der Waals surface area contributed by atoms with Gasteiger partial charge >= 0.3 is 5.97 Å². The number of piperazine rings is 3. The first-order valence-electron chi connectivity index (χ1n) is 17.9. The van der Waals surface area contributed by atoms with Gasteiger partial charge in [-0.1, -0.05) is 48.2 Å². The molecule has 5 aliphatic rings. The lowest BCUT2D eigenvalue weighted by Crippen LogP contribution is -3.00.